The van der Waals surface area contributed by atoms with Gasteiger partial charge in [-0.1, -0.05) is 18.2 Å². The molecule has 0 unspecified atom stereocenters. The molecule has 1 atom stereocenters. The highest BCUT2D eigenvalue weighted by Gasteiger charge is 2.30. The molecule has 7 nitrogen and oxygen atoms in total. The summed E-state index contributed by atoms with van der Waals surface area (Å²) in [5.41, 5.74) is 4.10. The van der Waals surface area contributed by atoms with Gasteiger partial charge in [0.1, 0.15) is 5.56 Å². The zero-order chi connectivity index (χ0) is 26.1. The Bertz CT molecular complexity index is 1330. The van der Waals surface area contributed by atoms with Gasteiger partial charge in [0.15, 0.2) is 0 Å². The molecule has 3 aromatic rings. The van der Waals surface area contributed by atoms with Gasteiger partial charge in [0.25, 0.3) is 11.5 Å². The monoisotopic (exact) mass is 522 g/mol. The lowest BCUT2D eigenvalue weighted by atomic mass is 9.81. The molecule has 1 saturated heterocycles. The van der Waals surface area contributed by atoms with Crippen molar-refractivity contribution in [3.05, 3.63) is 63.2 Å². The van der Waals surface area contributed by atoms with Crippen LogP contribution < -0.4 is 16.2 Å². The second kappa shape index (κ2) is 11.1. The van der Waals surface area contributed by atoms with E-state index in [1.165, 1.54) is 48.7 Å². The summed E-state index contributed by atoms with van der Waals surface area (Å²) in [5.74, 6) is 0.278. The average Bonchev–Trinajstić information content (AvgIpc) is 3.15. The summed E-state index contributed by atoms with van der Waals surface area (Å²) in [6, 6.07) is 11.8. The highest BCUT2D eigenvalue weighted by molar-refractivity contribution is 7.98. The first kappa shape index (κ1) is 26.1. The van der Waals surface area contributed by atoms with Gasteiger partial charge in [0.05, 0.1) is 19.3 Å². The maximum absolute atomic E-state index is 13.1. The van der Waals surface area contributed by atoms with Crippen LogP contribution in [-0.4, -0.2) is 47.0 Å². The number of benzene rings is 1. The molecule has 0 radical (unpaired) electrons. The van der Waals surface area contributed by atoms with Crippen LogP contribution in [0, 0.1) is 19.8 Å². The van der Waals surface area contributed by atoms with Crippen LogP contribution in [0.3, 0.4) is 0 Å². The highest BCUT2D eigenvalue weighted by Crippen LogP contribution is 2.38. The Labute approximate surface area is 222 Å². The molecule has 37 heavy (non-hydrogen) atoms. The Hall–Kier alpha value is -2.55. The minimum atomic E-state index is -0.343. The predicted octanol–water partition coefficient (Wildman–Crippen LogP) is 4.71. The van der Waals surface area contributed by atoms with Gasteiger partial charge in [-0.2, -0.15) is 0 Å². The molecule has 1 saturated carbocycles. The smallest absolute Gasteiger partial charge is 0.262 e. The van der Waals surface area contributed by atoms with E-state index < -0.39 is 0 Å². The van der Waals surface area contributed by atoms with Crippen molar-refractivity contribution in [2.75, 3.05) is 19.5 Å². The number of carbonyl (C=O) groups is 1. The van der Waals surface area contributed by atoms with Crippen molar-refractivity contribution in [1.29, 1.82) is 0 Å². The van der Waals surface area contributed by atoms with E-state index in [2.05, 4.69) is 58.3 Å². The number of ether oxygens (including phenoxy) is 1. The van der Waals surface area contributed by atoms with Crippen LogP contribution in [0.25, 0.3) is 10.9 Å². The third kappa shape index (κ3) is 5.24. The minimum absolute atomic E-state index is 0.187. The summed E-state index contributed by atoms with van der Waals surface area (Å²) in [5, 5.41) is 7.97. The summed E-state index contributed by atoms with van der Waals surface area (Å²) in [6.07, 6.45) is 6.71. The summed E-state index contributed by atoms with van der Waals surface area (Å²) in [7, 11) is 0. The molecular formula is C29H38N4O3S. The summed E-state index contributed by atoms with van der Waals surface area (Å²) in [4.78, 5) is 29.2. The molecule has 2 aromatic heterocycles. The second-order valence-corrected chi connectivity index (χ2v) is 11.5. The lowest BCUT2D eigenvalue weighted by Crippen LogP contribution is -2.51. The van der Waals surface area contributed by atoms with Crippen molar-refractivity contribution in [1.82, 2.24) is 20.2 Å². The number of nitrogens with zero attached hydrogens (tertiary/aromatic N) is 1. The number of para-hydroxylation sites is 1. The molecule has 2 fully saturated rings. The van der Waals surface area contributed by atoms with Crippen LogP contribution in [0.5, 0.6) is 0 Å². The third-order valence-electron chi connectivity index (χ3n) is 8.26. The molecule has 3 heterocycles. The van der Waals surface area contributed by atoms with E-state index >= 15 is 0 Å². The number of aromatic nitrogens is 2. The number of aromatic amines is 1. The first-order valence-electron chi connectivity index (χ1n) is 13.4. The maximum atomic E-state index is 13.1. The van der Waals surface area contributed by atoms with E-state index in [4.69, 9.17) is 4.74 Å². The van der Waals surface area contributed by atoms with Crippen molar-refractivity contribution in [3.8, 4) is 0 Å². The van der Waals surface area contributed by atoms with Gasteiger partial charge in [-0.15, -0.1) is 11.8 Å². The molecular weight excluding hydrogens is 484 g/mol. The van der Waals surface area contributed by atoms with Gasteiger partial charge >= 0.3 is 0 Å². The Balaban J connectivity index is 1.34. The number of aryl methyl sites for hydroxylation is 1. The zero-order valence-corrected chi connectivity index (χ0v) is 23.0. The maximum Gasteiger partial charge on any atom is 0.262 e. The normalized spacial score (nSPS) is 21.1. The lowest BCUT2D eigenvalue weighted by Gasteiger charge is -2.37. The van der Waals surface area contributed by atoms with Gasteiger partial charge in [-0.05, 0) is 76.3 Å². The largest absolute Gasteiger partial charge is 0.378 e. The number of rotatable bonds is 8. The number of thioether (sulfide) groups is 1. The fraction of sp³-hybridized carbons (Fsp3) is 0.517. The third-order valence-corrected chi connectivity index (χ3v) is 9.02. The summed E-state index contributed by atoms with van der Waals surface area (Å²) < 4.78 is 7.79. The SMILES string of the molecule is CSc1cc(C)[nH]c(=O)c1C(=O)NCc1c(C)n([C@H](C)C2CCC(NC3COC3)CC2)c2ccccc12. The number of hydrogen-bond acceptors (Lipinski definition) is 5. The van der Waals surface area contributed by atoms with Gasteiger partial charge in [-0.25, -0.2) is 0 Å². The topological polar surface area (TPSA) is 88.2 Å². The quantitative estimate of drug-likeness (QED) is 0.373. The Morgan fingerprint density at radius 3 is 2.57 bits per heavy atom. The van der Waals surface area contributed by atoms with E-state index in [0.717, 1.165) is 29.9 Å². The van der Waals surface area contributed by atoms with Crippen molar-refractivity contribution in [2.24, 2.45) is 5.92 Å². The van der Waals surface area contributed by atoms with Crippen molar-refractivity contribution in [2.45, 2.75) is 76.0 Å². The summed E-state index contributed by atoms with van der Waals surface area (Å²) >= 11 is 1.42. The van der Waals surface area contributed by atoms with Crippen LogP contribution in [0.4, 0.5) is 0 Å². The zero-order valence-electron chi connectivity index (χ0n) is 22.2. The van der Waals surface area contributed by atoms with Gasteiger partial charge in [0, 0.05) is 45.8 Å². The number of hydrogen-bond donors (Lipinski definition) is 3. The van der Waals surface area contributed by atoms with Gasteiger partial charge in [0.2, 0.25) is 0 Å². The number of nitrogens with one attached hydrogen (secondary N) is 3. The van der Waals surface area contributed by atoms with E-state index in [1.807, 2.05) is 19.2 Å². The van der Waals surface area contributed by atoms with E-state index in [1.54, 1.807) is 0 Å². The van der Waals surface area contributed by atoms with Crippen molar-refractivity contribution in [3.63, 3.8) is 0 Å². The Kier molecular flexibility index (Phi) is 7.79. The van der Waals surface area contributed by atoms with Crippen LogP contribution >= 0.6 is 11.8 Å². The number of amides is 1. The molecule has 2 aliphatic rings. The fourth-order valence-electron chi connectivity index (χ4n) is 6.14. The van der Waals surface area contributed by atoms with Crippen LogP contribution in [0.15, 0.2) is 40.0 Å². The molecule has 1 aromatic carbocycles. The highest BCUT2D eigenvalue weighted by atomic mass is 32.2. The van der Waals surface area contributed by atoms with E-state index in [0.29, 0.717) is 35.5 Å². The first-order chi connectivity index (χ1) is 17.9. The number of H-pyrrole nitrogens is 1. The molecule has 198 valence electrons. The number of fused-ring (bicyclic) bond motifs is 1. The first-order valence-corrected chi connectivity index (χ1v) is 14.6. The molecule has 1 aliphatic carbocycles. The van der Waals surface area contributed by atoms with Crippen LogP contribution in [0.2, 0.25) is 0 Å². The van der Waals surface area contributed by atoms with Crippen molar-refractivity contribution < 1.29 is 9.53 Å². The van der Waals surface area contributed by atoms with Crippen LogP contribution in [-0.2, 0) is 11.3 Å². The van der Waals surface area contributed by atoms with Gasteiger partial charge in [-0.3, -0.25) is 9.59 Å². The van der Waals surface area contributed by atoms with Crippen molar-refractivity contribution >= 4 is 28.6 Å². The molecule has 3 N–H and O–H groups in total. The second-order valence-electron chi connectivity index (χ2n) is 10.6. The molecule has 0 bridgehead atoms. The van der Waals surface area contributed by atoms with E-state index in [-0.39, 0.29) is 17.0 Å². The molecule has 0 spiro atoms. The molecule has 8 heteroatoms. The number of carbonyl (C=O) groups excluding carboxylic acids is 1. The summed E-state index contributed by atoms with van der Waals surface area (Å²) in [6.45, 7) is 8.41. The number of pyridine rings is 1. The average molecular weight is 523 g/mol. The minimum Gasteiger partial charge on any atom is -0.378 e. The Morgan fingerprint density at radius 2 is 1.89 bits per heavy atom. The van der Waals surface area contributed by atoms with E-state index in [9.17, 15) is 9.59 Å². The standard InChI is InChI=1S/C29H38N4O3S/c1-17-13-26(37-4)27(29(35)31-17)28(34)30-14-24-19(3)33(25-8-6-5-7-23(24)25)18(2)20-9-11-21(12-10-20)32-22-15-36-16-22/h5-8,13,18,20-22,32H,9-12,14-16H2,1-4H3,(H,30,34)(H,31,35)/t18-,20?,21?/m1/s1. The lowest BCUT2D eigenvalue weighted by molar-refractivity contribution is -0.0130. The fourth-order valence-corrected chi connectivity index (χ4v) is 6.83. The molecule has 1 aliphatic heterocycles. The Morgan fingerprint density at radius 1 is 1.16 bits per heavy atom. The molecule has 1 amide bonds. The van der Waals surface area contributed by atoms with Gasteiger partial charge < -0.3 is 24.9 Å². The molecule has 5 rings (SSSR count). The van der Waals surface area contributed by atoms with Crippen LogP contribution in [0.1, 0.15) is 66.0 Å². The predicted molar refractivity (Wildman–Crippen MR) is 150 cm³/mol.